The van der Waals surface area contributed by atoms with E-state index in [0.29, 0.717) is 22.3 Å². The van der Waals surface area contributed by atoms with Gasteiger partial charge in [-0.05, 0) is 45.0 Å². The van der Waals surface area contributed by atoms with Gasteiger partial charge in [0.2, 0.25) is 0 Å². The maximum absolute atomic E-state index is 13.3. The molecule has 0 radical (unpaired) electrons. The Hall–Kier alpha value is -1.95. The van der Waals surface area contributed by atoms with E-state index in [2.05, 4.69) is 13.8 Å². The Bertz CT molecular complexity index is 936. The number of likely N-dealkylation sites (N-methyl/N-ethyl adjacent to an activating group) is 1. The molecule has 0 spiro atoms. The number of quaternary nitrogens is 1. The van der Waals surface area contributed by atoms with Crippen molar-refractivity contribution in [2.24, 2.45) is 0 Å². The number of aryl methyl sites for hydroxylation is 1. The summed E-state index contributed by atoms with van der Waals surface area (Å²) in [5.74, 6) is -0.0135. The molecule has 4 nitrogen and oxygen atoms in total. The summed E-state index contributed by atoms with van der Waals surface area (Å²) in [4.78, 5) is 21.3. The van der Waals surface area contributed by atoms with Crippen LogP contribution in [0, 0.1) is 6.92 Å². The maximum Gasteiger partial charge on any atom is 0.260 e. The van der Waals surface area contributed by atoms with Crippen molar-refractivity contribution in [3.63, 3.8) is 0 Å². The minimum Gasteiger partial charge on any atom is -0.334 e. The number of amides is 1. The van der Waals surface area contributed by atoms with Crippen LogP contribution in [0.4, 0.5) is 5.13 Å². The number of hydrogen-bond acceptors (Lipinski definition) is 3. The van der Waals surface area contributed by atoms with Crippen molar-refractivity contribution < 1.29 is 9.69 Å². The molecule has 1 N–H and O–H groups in total. The van der Waals surface area contributed by atoms with Gasteiger partial charge >= 0.3 is 0 Å². The number of benzene rings is 2. The van der Waals surface area contributed by atoms with E-state index < -0.39 is 0 Å². The number of fused-ring (bicyclic) bond motifs is 1. The third-order valence-corrected chi connectivity index (χ3v) is 6.14. The lowest BCUT2D eigenvalue weighted by atomic mass is 10.1. The summed E-state index contributed by atoms with van der Waals surface area (Å²) in [7, 11) is 0. The van der Waals surface area contributed by atoms with Crippen LogP contribution in [0.25, 0.3) is 10.2 Å². The van der Waals surface area contributed by atoms with Crippen LogP contribution < -0.4 is 9.80 Å². The van der Waals surface area contributed by atoms with Crippen molar-refractivity contribution in [2.45, 2.75) is 20.8 Å². The molecule has 0 fully saturated rings. The topological polar surface area (TPSA) is 37.6 Å². The van der Waals surface area contributed by atoms with E-state index in [1.165, 1.54) is 16.2 Å². The number of carbonyl (C=O) groups is 1. The van der Waals surface area contributed by atoms with Gasteiger partial charge in [0.05, 0.1) is 35.9 Å². The molecule has 0 aliphatic rings. The Balaban J connectivity index is 1.97. The SMILES string of the molecule is CC[NH+](CC)CCN(C(=O)c1cccc(C)c1)c1nc2c(Cl)cccc2s1. The zero-order valence-corrected chi connectivity index (χ0v) is 17.5. The Morgan fingerprint density at radius 2 is 1.93 bits per heavy atom. The van der Waals surface area contributed by atoms with Crippen LogP contribution in [0.15, 0.2) is 42.5 Å². The summed E-state index contributed by atoms with van der Waals surface area (Å²) >= 11 is 7.82. The van der Waals surface area contributed by atoms with E-state index >= 15 is 0 Å². The van der Waals surface area contributed by atoms with Crippen molar-refractivity contribution in [3.05, 3.63) is 58.6 Å². The fraction of sp³-hybridized carbons (Fsp3) is 0.333. The van der Waals surface area contributed by atoms with Gasteiger partial charge < -0.3 is 4.90 Å². The smallest absolute Gasteiger partial charge is 0.260 e. The van der Waals surface area contributed by atoms with Crippen molar-refractivity contribution in [3.8, 4) is 0 Å². The number of para-hydroxylation sites is 1. The molecular weight excluding hydrogens is 378 g/mol. The van der Waals surface area contributed by atoms with E-state index in [1.807, 2.05) is 49.4 Å². The van der Waals surface area contributed by atoms with Crippen LogP contribution in [0.2, 0.25) is 5.02 Å². The molecule has 142 valence electrons. The van der Waals surface area contributed by atoms with Gasteiger partial charge in [-0.1, -0.05) is 46.7 Å². The second kappa shape index (κ2) is 8.83. The number of aromatic nitrogens is 1. The van der Waals surface area contributed by atoms with Crippen molar-refractivity contribution >= 4 is 44.2 Å². The average Bonchev–Trinajstić information content (AvgIpc) is 3.10. The van der Waals surface area contributed by atoms with Gasteiger partial charge in [0.15, 0.2) is 5.13 Å². The number of nitrogens with one attached hydrogen (secondary N) is 1. The highest BCUT2D eigenvalue weighted by Crippen LogP contribution is 2.33. The Labute approximate surface area is 169 Å². The Morgan fingerprint density at radius 1 is 1.19 bits per heavy atom. The first-order valence-electron chi connectivity index (χ1n) is 9.30. The third kappa shape index (κ3) is 4.49. The predicted molar refractivity (Wildman–Crippen MR) is 114 cm³/mol. The van der Waals surface area contributed by atoms with E-state index in [0.717, 1.165) is 35.4 Å². The minimum absolute atomic E-state index is 0.0135. The van der Waals surface area contributed by atoms with Crippen LogP contribution in [0.5, 0.6) is 0 Å². The zero-order valence-electron chi connectivity index (χ0n) is 16.0. The van der Waals surface area contributed by atoms with Crippen LogP contribution in [-0.4, -0.2) is 37.1 Å². The number of anilines is 1. The molecule has 1 heterocycles. The fourth-order valence-corrected chi connectivity index (χ4v) is 4.40. The minimum atomic E-state index is -0.0135. The molecule has 1 amide bonds. The molecule has 3 aromatic rings. The molecule has 2 aromatic carbocycles. The molecule has 1 aromatic heterocycles. The third-order valence-electron chi connectivity index (χ3n) is 4.79. The quantitative estimate of drug-likeness (QED) is 0.652. The average molecular weight is 403 g/mol. The van der Waals surface area contributed by atoms with Crippen LogP contribution in [0.3, 0.4) is 0 Å². The zero-order chi connectivity index (χ0) is 19.4. The maximum atomic E-state index is 13.3. The van der Waals surface area contributed by atoms with E-state index in [4.69, 9.17) is 16.6 Å². The highest BCUT2D eigenvalue weighted by molar-refractivity contribution is 7.22. The first-order valence-corrected chi connectivity index (χ1v) is 10.5. The van der Waals surface area contributed by atoms with Gasteiger partial charge in [-0.25, -0.2) is 4.98 Å². The lowest BCUT2D eigenvalue weighted by Gasteiger charge is -2.23. The molecule has 27 heavy (non-hydrogen) atoms. The summed E-state index contributed by atoms with van der Waals surface area (Å²) in [6.45, 7) is 9.92. The highest BCUT2D eigenvalue weighted by atomic mass is 35.5. The molecule has 0 aliphatic heterocycles. The summed E-state index contributed by atoms with van der Waals surface area (Å²) in [5.41, 5.74) is 2.52. The first kappa shape index (κ1) is 19.8. The predicted octanol–water partition coefficient (Wildman–Crippen LogP) is 3.83. The van der Waals surface area contributed by atoms with Gasteiger partial charge in [0.25, 0.3) is 5.91 Å². The molecule has 0 aliphatic carbocycles. The molecule has 0 atom stereocenters. The lowest BCUT2D eigenvalue weighted by Crippen LogP contribution is -3.12. The summed E-state index contributed by atoms with van der Waals surface area (Å²) in [6, 6.07) is 13.5. The highest BCUT2D eigenvalue weighted by Gasteiger charge is 2.23. The van der Waals surface area contributed by atoms with Crippen LogP contribution >= 0.6 is 22.9 Å². The van der Waals surface area contributed by atoms with Gasteiger partial charge in [-0.3, -0.25) is 9.69 Å². The Morgan fingerprint density at radius 3 is 2.59 bits per heavy atom. The monoisotopic (exact) mass is 402 g/mol. The summed E-state index contributed by atoms with van der Waals surface area (Å²) in [6.07, 6.45) is 0. The van der Waals surface area contributed by atoms with Gasteiger partial charge in [-0.15, -0.1) is 0 Å². The number of rotatable bonds is 7. The molecule has 0 saturated carbocycles. The van der Waals surface area contributed by atoms with Crippen LogP contribution in [0.1, 0.15) is 29.8 Å². The number of thiazole rings is 1. The van der Waals surface area contributed by atoms with Gasteiger partial charge in [0, 0.05) is 5.56 Å². The summed E-state index contributed by atoms with van der Waals surface area (Å²) < 4.78 is 0.995. The van der Waals surface area contributed by atoms with E-state index in [-0.39, 0.29) is 5.91 Å². The second-order valence-corrected chi connectivity index (χ2v) is 8.03. The van der Waals surface area contributed by atoms with Crippen molar-refractivity contribution in [1.29, 1.82) is 0 Å². The lowest BCUT2D eigenvalue weighted by molar-refractivity contribution is -0.894. The number of nitrogens with zero attached hydrogens (tertiary/aromatic N) is 2. The number of halogens is 1. The van der Waals surface area contributed by atoms with Gasteiger partial charge in [-0.2, -0.15) is 0 Å². The first-order chi connectivity index (χ1) is 13.0. The number of hydrogen-bond donors (Lipinski definition) is 1. The molecular formula is C21H25ClN3OS+. The standard InChI is InChI=1S/C21H24ClN3OS/c1-4-24(5-2)12-13-25(20(26)16-9-6-8-15(3)14-16)21-23-19-17(22)10-7-11-18(19)27-21/h6-11,14H,4-5,12-13H2,1-3H3/p+1. The molecule has 0 unspecified atom stereocenters. The molecule has 6 heteroatoms. The fourth-order valence-electron chi connectivity index (χ4n) is 3.11. The summed E-state index contributed by atoms with van der Waals surface area (Å²) in [5, 5.41) is 1.32. The van der Waals surface area contributed by atoms with E-state index in [1.54, 1.807) is 4.90 Å². The van der Waals surface area contributed by atoms with Gasteiger partial charge in [0.1, 0.15) is 5.52 Å². The largest absolute Gasteiger partial charge is 0.334 e. The second-order valence-electron chi connectivity index (χ2n) is 6.62. The van der Waals surface area contributed by atoms with Crippen LogP contribution in [-0.2, 0) is 0 Å². The normalized spacial score (nSPS) is 11.3. The van der Waals surface area contributed by atoms with Crippen molar-refractivity contribution in [1.82, 2.24) is 4.98 Å². The Kier molecular flexibility index (Phi) is 6.47. The molecule has 0 bridgehead atoms. The van der Waals surface area contributed by atoms with E-state index in [9.17, 15) is 4.79 Å². The molecule has 0 saturated heterocycles. The van der Waals surface area contributed by atoms with Crippen molar-refractivity contribution in [2.75, 3.05) is 31.1 Å². The number of carbonyl (C=O) groups excluding carboxylic acids is 1. The molecule has 3 rings (SSSR count).